The Morgan fingerprint density at radius 3 is 2.40 bits per heavy atom. The Morgan fingerprint density at radius 2 is 2.10 bits per heavy atom. The lowest BCUT2D eigenvalue weighted by Crippen LogP contribution is -2.22. The van der Waals surface area contributed by atoms with Gasteiger partial charge in [-0.25, -0.2) is 0 Å². The van der Waals surface area contributed by atoms with E-state index < -0.39 is 17.9 Å². The average molecular weight is 146 g/mol. The molecular formula is C6H10O4. The molecule has 0 aliphatic rings. The van der Waals surface area contributed by atoms with Gasteiger partial charge in [-0.1, -0.05) is 0 Å². The minimum absolute atomic E-state index is 0.219. The van der Waals surface area contributed by atoms with Crippen LogP contribution in [0.2, 0.25) is 0 Å². The zero-order valence-corrected chi connectivity index (χ0v) is 5.96. The Labute approximate surface area is 58.8 Å². The highest BCUT2D eigenvalue weighted by molar-refractivity contribution is 5.93. The zero-order chi connectivity index (χ0) is 8.15. The number of carboxylic acids is 1. The molecular weight excluding hydrogens is 136 g/mol. The molecule has 0 radical (unpaired) electrons. The van der Waals surface area contributed by atoms with Crippen molar-refractivity contribution >= 4 is 11.9 Å². The van der Waals surface area contributed by atoms with Crippen LogP contribution in [0.25, 0.3) is 0 Å². The molecule has 0 aromatic carbocycles. The van der Waals surface area contributed by atoms with Crippen LogP contribution in [0, 0.1) is 5.92 Å². The third-order valence-corrected chi connectivity index (χ3v) is 1.01. The van der Waals surface area contributed by atoms with Crippen LogP contribution >= 0.6 is 0 Å². The van der Waals surface area contributed by atoms with E-state index in [1.807, 2.05) is 0 Å². The van der Waals surface area contributed by atoms with E-state index in [-0.39, 0.29) is 6.61 Å². The monoisotopic (exact) mass is 146 g/mol. The van der Waals surface area contributed by atoms with E-state index in [4.69, 9.17) is 5.11 Å². The van der Waals surface area contributed by atoms with Gasteiger partial charge in [-0.2, -0.15) is 0 Å². The standard InChI is InChI=1S/C6H10O4/c1-3-10-6(9)4(2)5(7)8/h4H,3H2,1-2H3,(H,7,8)/t4-/m1/s1. The van der Waals surface area contributed by atoms with E-state index in [1.165, 1.54) is 6.92 Å². The lowest BCUT2D eigenvalue weighted by molar-refractivity contribution is -0.157. The number of rotatable bonds is 3. The molecule has 1 N–H and O–H groups in total. The zero-order valence-electron chi connectivity index (χ0n) is 5.96. The first-order chi connectivity index (χ1) is 4.59. The largest absolute Gasteiger partial charge is 0.481 e. The van der Waals surface area contributed by atoms with Gasteiger partial charge >= 0.3 is 11.9 Å². The molecule has 0 aromatic heterocycles. The van der Waals surface area contributed by atoms with Gasteiger partial charge in [0.1, 0.15) is 0 Å². The fourth-order valence-corrected chi connectivity index (χ4v) is 0.368. The number of hydrogen-bond acceptors (Lipinski definition) is 3. The van der Waals surface area contributed by atoms with Crippen molar-refractivity contribution in [3.05, 3.63) is 0 Å². The Balaban J connectivity index is 3.82. The van der Waals surface area contributed by atoms with E-state index in [0.29, 0.717) is 0 Å². The van der Waals surface area contributed by atoms with Crippen LogP contribution in [-0.4, -0.2) is 23.7 Å². The lowest BCUT2D eigenvalue weighted by atomic mass is 10.2. The van der Waals surface area contributed by atoms with Crippen molar-refractivity contribution in [1.29, 1.82) is 0 Å². The summed E-state index contributed by atoms with van der Waals surface area (Å²) in [5.74, 6) is -2.89. The Morgan fingerprint density at radius 1 is 1.60 bits per heavy atom. The quantitative estimate of drug-likeness (QED) is 0.458. The summed E-state index contributed by atoms with van der Waals surface area (Å²) in [6.45, 7) is 3.14. The molecule has 10 heavy (non-hydrogen) atoms. The van der Waals surface area contributed by atoms with Gasteiger partial charge in [-0.05, 0) is 13.8 Å². The predicted octanol–water partition coefficient (Wildman–Crippen LogP) is 0.270. The molecule has 0 unspecified atom stereocenters. The molecule has 0 aliphatic heterocycles. The summed E-state index contributed by atoms with van der Waals surface area (Å²) in [5.41, 5.74) is 0. The van der Waals surface area contributed by atoms with Gasteiger partial charge in [0, 0.05) is 0 Å². The summed E-state index contributed by atoms with van der Waals surface area (Å²) < 4.78 is 4.45. The molecule has 0 amide bonds. The maximum atomic E-state index is 10.6. The minimum Gasteiger partial charge on any atom is -0.481 e. The molecule has 0 saturated carbocycles. The number of carboxylic acid groups (broad SMARTS) is 1. The number of hydrogen-bond donors (Lipinski definition) is 1. The molecule has 0 saturated heterocycles. The van der Waals surface area contributed by atoms with Crippen molar-refractivity contribution in [3.8, 4) is 0 Å². The van der Waals surface area contributed by atoms with Crippen LogP contribution in [0.1, 0.15) is 13.8 Å². The number of carbonyl (C=O) groups is 2. The van der Waals surface area contributed by atoms with Crippen LogP contribution < -0.4 is 0 Å². The molecule has 0 aromatic rings. The smallest absolute Gasteiger partial charge is 0.320 e. The van der Waals surface area contributed by atoms with Gasteiger partial charge in [-0.15, -0.1) is 0 Å². The van der Waals surface area contributed by atoms with Gasteiger partial charge < -0.3 is 9.84 Å². The van der Waals surface area contributed by atoms with Crippen molar-refractivity contribution in [2.45, 2.75) is 13.8 Å². The maximum Gasteiger partial charge on any atom is 0.320 e. The van der Waals surface area contributed by atoms with Gasteiger partial charge in [0.2, 0.25) is 0 Å². The molecule has 0 spiro atoms. The fourth-order valence-electron chi connectivity index (χ4n) is 0.368. The maximum absolute atomic E-state index is 10.6. The second-order valence-corrected chi connectivity index (χ2v) is 1.81. The van der Waals surface area contributed by atoms with Crippen molar-refractivity contribution in [3.63, 3.8) is 0 Å². The minimum atomic E-state index is -1.15. The van der Waals surface area contributed by atoms with Gasteiger partial charge in [0.15, 0.2) is 5.92 Å². The van der Waals surface area contributed by atoms with E-state index >= 15 is 0 Å². The van der Waals surface area contributed by atoms with Crippen molar-refractivity contribution in [2.24, 2.45) is 5.92 Å². The van der Waals surface area contributed by atoms with Gasteiger partial charge in [-0.3, -0.25) is 9.59 Å². The highest BCUT2D eigenvalue weighted by Crippen LogP contribution is 1.97. The second-order valence-electron chi connectivity index (χ2n) is 1.81. The summed E-state index contributed by atoms with van der Waals surface area (Å²) in [5, 5.41) is 8.28. The van der Waals surface area contributed by atoms with Crippen LogP contribution in [0.5, 0.6) is 0 Å². The highest BCUT2D eigenvalue weighted by Gasteiger charge is 2.20. The van der Waals surface area contributed by atoms with Crippen LogP contribution in [0.4, 0.5) is 0 Å². The lowest BCUT2D eigenvalue weighted by Gasteiger charge is -2.03. The summed E-state index contributed by atoms with van der Waals surface area (Å²) in [4.78, 5) is 20.7. The third kappa shape index (κ3) is 2.48. The molecule has 0 rings (SSSR count). The predicted molar refractivity (Wildman–Crippen MR) is 33.4 cm³/mol. The molecule has 1 atom stereocenters. The molecule has 0 heterocycles. The number of carbonyl (C=O) groups excluding carboxylic acids is 1. The van der Waals surface area contributed by atoms with E-state index in [9.17, 15) is 9.59 Å². The molecule has 0 bridgehead atoms. The summed E-state index contributed by atoms with van der Waals surface area (Å²) in [6.07, 6.45) is 0. The first-order valence-corrected chi connectivity index (χ1v) is 2.99. The molecule has 4 heteroatoms. The first kappa shape index (κ1) is 8.94. The first-order valence-electron chi connectivity index (χ1n) is 2.99. The molecule has 0 aliphatic carbocycles. The summed E-state index contributed by atoms with van der Waals surface area (Å²) in [7, 11) is 0. The SMILES string of the molecule is CCOC(=O)[C@H](C)C(=O)O. The highest BCUT2D eigenvalue weighted by atomic mass is 16.5. The van der Waals surface area contributed by atoms with Crippen LogP contribution in [0.3, 0.4) is 0 Å². The van der Waals surface area contributed by atoms with Gasteiger partial charge in [0.05, 0.1) is 6.61 Å². The van der Waals surface area contributed by atoms with Crippen molar-refractivity contribution < 1.29 is 19.4 Å². The van der Waals surface area contributed by atoms with Crippen LogP contribution in [0.15, 0.2) is 0 Å². The Hall–Kier alpha value is -1.06. The van der Waals surface area contributed by atoms with Gasteiger partial charge in [0.25, 0.3) is 0 Å². The van der Waals surface area contributed by atoms with Crippen LogP contribution in [-0.2, 0) is 14.3 Å². The van der Waals surface area contributed by atoms with Crippen molar-refractivity contribution in [1.82, 2.24) is 0 Å². The molecule has 4 nitrogen and oxygen atoms in total. The fraction of sp³-hybridized carbons (Fsp3) is 0.667. The number of ether oxygens (including phenoxy) is 1. The molecule has 58 valence electrons. The van der Waals surface area contributed by atoms with E-state index in [0.717, 1.165) is 0 Å². The van der Waals surface area contributed by atoms with Crippen molar-refractivity contribution in [2.75, 3.05) is 6.61 Å². The summed E-state index contributed by atoms with van der Waals surface area (Å²) >= 11 is 0. The average Bonchev–Trinajstić information content (AvgIpc) is 1.87. The number of aliphatic carboxylic acids is 1. The second kappa shape index (κ2) is 3.87. The topological polar surface area (TPSA) is 63.6 Å². The summed E-state index contributed by atoms with van der Waals surface area (Å²) in [6, 6.07) is 0. The molecule has 0 fully saturated rings. The third-order valence-electron chi connectivity index (χ3n) is 1.01. The Bertz CT molecular complexity index is 141. The van der Waals surface area contributed by atoms with E-state index in [1.54, 1.807) is 6.92 Å². The van der Waals surface area contributed by atoms with E-state index in [2.05, 4.69) is 4.74 Å². The Kier molecular flexibility index (Phi) is 3.46. The number of esters is 1. The normalized spacial score (nSPS) is 12.2.